The topological polar surface area (TPSA) is 42.7 Å². The molecular formula is C14H24N4. The van der Waals surface area contributed by atoms with Crippen molar-refractivity contribution in [1.29, 1.82) is 0 Å². The van der Waals surface area contributed by atoms with E-state index in [1.165, 1.54) is 44.3 Å². The van der Waals surface area contributed by atoms with E-state index in [0.717, 1.165) is 31.3 Å². The van der Waals surface area contributed by atoms with E-state index < -0.39 is 0 Å². The fourth-order valence-electron chi connectivity index (χ4n) is 2.89. The summed E-state index contributed by atoms with van der Waals surface area (Å²) in [5.74, 6) is 3.32. The van der Waals surface area contributed by atoms with E-state index in [-0.39, 0.29) is 0 Å². The molecule has 18 heavy (non-hydrogen) atoms. The molecule has 0 radical (unpaired) electrons. The van der Waals surface area contributed by atoms with E-state index in [1.54, 1.807) is 0 Å². The summed E-state index contributed by atoms with van der Waals surface area (Å²) >= 11 is 0. The van der Waals surface area contributed by atoms with Gasteiger partial charge in [-0.15, -0.1) is 10.2 Å². The Morgan fingerprint density at radius 2 is 2.22 bits per heavy atom. The summed E-state index contributed by atoms with van der Waals surface area (Å²) in [5, 5.41) is 12.3. The molecule has 1 N–H and O–H groups in total. The fraction of sp³-hybridized carbons (Fsp3) is 0.857. The van der Waals surface area contributed by atoms with Gasteiger partial charge in [0.25, 0.3) is 0 Å². The lowest BCUT2D eigenvalue weighted by Crippen LogP contribution is -2.30. The van der Waals surface area contributed by atoms with Gasteiger partial charge in [0, 0.05) is 19.0 Å². The highest BCUT2D eigenvalue weighted by Crippen LogP contribution is 2.34. The summed E-state index contributed by atoms with van der Waals surface area (Å²) in [4.78, 5) is 0. The maximum absolute atomic E-state index is 4.35. The maximum atomic E-state index is 4.35. The molecule has 1 unspecified atom stereocenters. The summed E-state index contributed by atoms with van der Waals surface area (Å²) in [6.07, 6.45) is 9.10. The second-order valence-electron chi connectivity index (χ2n) is 5.81. The van der Waals surface area contributed by atoms with Crippen LogP contribution in [-0.4, -0.2) is 20.8 Å². The Morgan fingerprint density at radius 1 is 1.33 bits per heavy atom. The third kappa shape index (κ3) is 2.74. The molecule has 1 atom stereocenters. The number of hydrogen-bond acceptors (Lipinski definition) is 3. The minimum absolute atomic E-state index is 0.661. The first-order chi connectivity index (χ1) is 8.86. The molecule has 4 heteroatoms. The number of fused-ring (bicyclic) bond motifs is 1. The molecular weight excluding hydrogens is 224 g/mol. The summed E-state index contributed by atoms with van der Waals surface area (Å²) in [7, 11) is 0. The van der Waals surface area contributed by atoms with Gasteiger partial charge in [-0.1, -0.05) is 19.8 Å². The molecule has 0 spiro atoms. The normalized spacial score (nSPS) is 20.7. The third-order valence-electron chi connectivity index (χ3n) is 4.29. The minimum Gasteiger partial charge on any atom is -0.314 e. The molecule has 1 fully saturated rings. The zero-order valence-corrected chi connectivity index (χ0v) is 11.4. The van der Waals surface area contributed by atoms with Crippen molar-refractivity contribution in [3.63, 3.8) is 0 Å². The molecule has 2 aliphatic rings. The van der Waals surface area contributed by atoms with Crippen LogP contribution in [0.2, 0.25) is 0 Å². The van der Waals surface area contributed by atoms with Crippen LogP contribution in [-0.2, 0) is 19.5 Å². The molecule has 0 amide bonds. The Bertz CT molecular complexity index is 394. The Balaban J connectivity index is 1.56. The highest BCUT2D eigenvalue weighted by atomic mass is 15.3. The average Bonchev–Trinajstić information content (AvgIpc) is 3.13. The van der Waals surface area contributed by atoms with Crippen LogP contribution < -0.4 is 5.32 Å². The van der Waals surface area contributed by atoms with Crippen LogP contribution in [0.4, 0.5) is 0 Å². The van der Waals surface area contributed by atoms with Crippen molar-refractivity contribution in [2.24, 2.45) is 5.92 Å². The quantitative estimate of drug-likeness (QED) is 0.840. The van der Waals surface area contributed by atoms with Crippen molar-refractivity contribution in [1.82, 2.24) is 20.1 Å². The molecule has 3 rings (SSSR count). The van der Waals surface area contributed by atoms with Crippen molar-refractivity contribution < 1.29 is 0 Å². The summed E-state index contributed by atoms with van der Waals surface area (Å²) < 4.78 is 2.32. The smallest absolute Gasteiger partial charge is 0.147 e. The molecule has 1 aromatic rings. The Labute approximate surface area is 109 Å². The fourth-order valence-corrected chi connectivity index (χ4v) is 2.89. The molecule has 0 bridgehead atoms. The predicted molar refractivity (Wildman–Crippen MR) is 71.2 cm³/mol. The van der Waals surface area contributed by atoms with Gasteiger partial charge in [-0.3, -0.25) is 0 Å². The second kappa shape index (κ2) is 5.39. The van der Waals surface area contributed by atoms with Gasteiger partial charge in [0.1, 0.15) is 11.6 Å². The van der Waals surface area contributed by atoms with Gasteiger partial charge in [0.05, 0.1) is 6.54 Å². The first-order valence-electron chi connectivity index (χ1n) is 7.51. The standard InChI is InChI=1S/C14H24N4/c1-2-12(9-11-6-7-11)15-10-14-17-16-13-5-3-4-8-18(13)14/h11-12,15H,2-10H2,1H3. The SMILES string of the molecule is CCC(CC1CC1)NCc1nnc2n1CCCC2. The van der Waals surface area contributed by atoms with Crippen LogP contribution in [0.25, 0.3) is 0 Å². The summed E-state index contributed by atoms with van der Waals surface area (Å²) in [6.45, 7) is 4.27. The Morgan fingerprint density at radius 3 is 3.00 bits per heavy atom. The van der Waals surface area contributed by atoms with Crippen LogP contribution in [0.1, 0.15) is 57.1 Å². The highest BCUT2D eigenvalue weighted by molar-refractivity contribution is 4.99. The van der Waals surface area contributed by atoms with Crippen LogP contribution >= 0.6 is 0 Å². The van der Waals surface area contributed by atoms with E-state index in [4.69, 9.17) is 0 Å². The molecule has 1 saturated carbocycles. The zero-order valence-electron chi connectivity index (χ0n) is 11.4. The first kappa shape index (κ1) is 12.2. The van der Waals surface area contributed by atoms with E-state index >= 15 is 0 Å². The van der Waals surface area contributed by atoms with Gasteiger partial charge >= 0.3 is 0 Å². The Kier molecular flexibility index (Phi) is 3.64. The largest absolute Gasteiger partial charge is 0.314 e. The number of rotatable bonds is 6. The van der Waals surface area contributed by atoms with Crippen molar-refractivity contribution in [3.8, 4) is 0 Å². The van der Waals surface area contributed by atoms with Crippen molar-refractivity contribution in [2.75, 3.05) is 0 Å². The number of nitrogens with one attached hydrogen (secondary N) is 1. The van der Waals surface area contributed by atoms with Gasteiger partial charge in [0.2, 0.25) is 0 Å². The number of hydrogen-bond donors (Lipinski definition) is 1. The van der Waals surface area contributed by atoms with Gasteiger partial charge < -0.3 is 9.88 Å². The third-order valence-corrected chi connectivity index (χ3v) is 4.29. The molecule has 1 aliphatic carbocycles. The van der Waals surface area contributed by atoms with E-state index in [0.29, 0.717) is 6.04 Å². The lowest BCUT2D eigenvalue weighted by Gasteiger charge is -2.18. The highest BCUT2D eigenvalue weighted by Gasteiger charge is 2.25. The van der Waals surface area contributed by atoms with Crippen molar-refractivity contribution in [3.05, 3.63) is 11.6 Å². The number of aromatic nitrogens is 3. The molecule has 1 aliphatic heterocycles. The van der Waals surface area contributed by atoms with Gasteiger partial charge in [-0.05, 0) is 31.6 Å². The van der Waals surface area contributed by atoms with Gasteiger partial charge in [-0.25, -0.2) is 0 Å². The molecule has 2 heterocycles. The van der Waals surface area contributed by atoms with Crippen molar-refractivity contribution >= 4 is 0 Å². The van der Waals surface area contributed by atoms with E-state index in [2.05, 4.69) is 27.0 Å². The van der Waals surface area contributed by atoms with Crippen molar-refractivity contribution in [2.45, 2.75) is 71.0 Å². The first-order valence-corrected chi connectivity index (χ1v) is 7.51. The van der Waals surface area contributed by atoms with Crippen LogP contribution in [0.3, 0.4) is 0 Å². The lowest BCUT2D eigenvalue weighted by atomic mass is 10.1. The van der Waals surface area contributed by atoms with Crippen LogP contribution in [0.15, 0.2) is 0 Å². The average molecular weight is 248 g/mol. The van der Waals surface area contributed by atoms with Gasteiger partial charge in [-0.2, -0.15) is 0 Å². The molecule has 1 aromatic heterocycles. The number of aryl methyl sites for hydroxylation is 1. The molecule has 0 aromatic carbocycles. The van der Waals surface area contributed by atoms with Gasteiger partial charge in [0.15, 0.2) is 0 Å². The predicted octanol–water partition coefficient (Wildman–Crippen LogP) is 2.28. The summed E-state index contributed by atoms with van der Waals surface area (Å²) in [5.41, 5.74) is 0. The molecule has 4 nitrogen and oxygen atoms in total. The minimum atomic E-state index is 0.661. The van der Waals surface area contributed by atoms with E-state index in [9.17, 15) is 0 Å². The number of nitrogens with zero attached hydrogens (tertiary/aromatic N) is 3. The Hall–Kier alpha value is -0.900. The monoisotopic (exact) mass is 248 g/mol. The van der Waals surface area contributed by atoms with E-state index in [1.807, 2.05) is 0 Å². The second-order valence-corrected chi connectivity index (χ2v) is 5.81. The molecule has 0 saturated heterocycles. The maximum Gasteiger partial charge on any atom is 0.147 e. The molecule has 100 valence electrons. The van der Waals surface area contributed by atoms with Crippen LogP contribution in [0.5, 0.6) is 0 Å². The lowest BCUT2D eigenvalue weighted by molar-refractivity contribution is 0.425. The van der Waals surface area contributed by atoms with Crippen LogP contribution in [0, 0.1) is 5.92 Å². The zero-order chi connectivity index (χ0) is 12.4. The summed E-state index contributed by atoms with van der Waals surface area (Å²) in [6, 6.07) is 0.661.